The monoisotopic (exact) mass is 465 g/mol. The number of ether oxygens (including phenoxy) is 1. The van der Waals surface area contributed by atoms with E-state index in [4.69, 9.17) is 4.74 Å². The molecule has 1 amide bonds. The molecule has 7 nitrogen and oxygen atoms in total. The molecular formula is C23H19N3O4S2. The molecule has 9 heteroatoms. The molecule has 0 bridgehead atoms. The van der Waals surface area contributed by atoms with E-state index in [1.807, 2.05) is 36.6 Å². The predicted molar refractivity (Wildman–Crippen MR) is 127 cm³/mol. The first-order valence-electron chi connectivity index (χ1n) is 9.66. The van der Waals surface area contributed by atoms with Gasteiger partial charge in [-0.2, -0.15) is 0 Å². The highest BCUT2D eigenvalue weighted by atomic mass is 32.2. The van der Waals surface area contributed by atoms with Gasteiger partial charge in [-0.3, -0.25) is 14.2 Å². The third kappa shape index (κ3) is 4.30. The Balaban J connectivity index is 1.64. The summed E-state index contributed by atoms with van der Waals surface area (Å²) in [4.78, 5) is 42.5. The summed E-state index contributed by atoms with van der Waals surface area (Å²) < 4.78 is 6.88. The molecule has 0 aliphatic rings. The number of aromatic nitrogens is 2. The van der Waals surface area contributed by atoms with E-state index in [1.165, 1.54) is 18.4 Å². The number of hydrogen-bond acceptors (Lipinski definition) is 7. The average Bonchev–Trinajstić information content (AvgIpc) is 3.27. The Bertz CT molecular complexity index is 1380. The molecule has 4 rings (SSSR count). The van der Waals surface area contributed by atoms with Crippen LogP contribution in [0.15, 0.2) is 69.9 Å². The molecule has 2 aromatic heterocycles. The molecule has 2 aromatic carbocycles. The summed E-state index contributed by atoms with van der Waals surface area (Å²) in [7, 11) is 1.29. The van der Waals surface area contributed by atoms with Crippen LogP contribution in [0.2, 0.25) is 0 Å². The number of amides is 1. The summed E-state index contributed by atoms with van der Waals surface area (Å²) in [5, 5.41) is 4.99. The molecule has 2 heterocycles. The summed E-state index contributed by atoms with van der Waals surface area (Å²) in [5.41, 5.74) is 2.71. The minimum absolute atomic E-state index is 0.00344. The summed E-state index contributed by atoms with van der Waals surface area (Å²) in [6.07, 6.45) is 0. The zero-order chi connectivity index (χ0) is 22.7. The highest BCUT2D eigenvalue weighted by Gasteiger charge is 2.18. The maximum absolute atomic E-state index is 13.2. The summed E-state index contributed by atoms with van der Waals surface area (Å²) in [6, 6.07) is 16.0. The van der Waals surface area contributed by atoms with Gasteiger partial charge in [0.15, 0.2) is 5.16 Å². The van der Waals surface area contributed by atoms with Crippen molar-refractivity contribution < 1.29 is 14.3 Å². The van der Waals surface area contributed by atoms with Crippen molar-refractivity contribution in [3.63, 3.8) is 0 Å². The van der Waals surface area contributed by atoms with Crippen molar-refractivity contribution in [2.24, 2.45) is 0 Å². The number of carbonyl (C=O) groups is 2. The maximum atomic E-state index is 13.2. The average molecular weight is 466 g/mol. The van der Waals surface area contributed by atoms with Crippen molar-refractivity contribution >= 4 is 50.9 Å². The van der Waals surface area contributed by atoms with Crippen LogP contribution in [0.3, 0.4) is 0 Å². The van der Waals surface area contributed by atoms with Gasteiger partial charge in [-0.1, -0.05) is 42.1 Å². The Morgan fingerprint density at radius 2 is 1.88 bits per heavy atom. The first kappa shape index (κ1) is 21.8. The van der Waals surface area contributed by atoms with E-state index in [2.05, 4.69) is 10.3 Å². The molecule has 0 atom stereocenters. The molecule has 0 aliphatic heterocycles. The topological polar surface area (TPSA) is 90.3 Å². The van der Waals surface area contributed by atoms with Gasteiger partial charge < -0.3 is 10.1 Å². The second-order valence-electron chi connectivity index (χ2n) is 6.83. The van der Waals surface area contributed by atoms with Crippen LogP contribution in [0.25, 0.3) is 15.9 Å². The van der Waals surface area contributed by atoms with Gasteiger partial charge in [0.25, 0.3) is 5.56 Å². The Kier molecular flexibility index (Phi) is 6.38. The lowest BCUT2D eigenvalue weighted by atomic mass is 10.2. The number of anilines is 1. The number of nitrogens with one attached hydrogen (secondary N) is 1. The molecule has 0 radical (unpaired) electrons. The van der Waals surface area contributed by atoms with Gasteiger partial charge in [0.05, 0.1) is 35.3 Å². The van der Waals surface area contributed by atoms with Gasteiger partial charge in [0.1, 0.15) is 4.70 Å². The van der Waals surface area contributed by atoms with Gasteiger partial charge in [-0.15, -0.1) is 11.3 Å². The van der Waals surface area contributed by atoms with Crippen LogP contribution in [0.5, 0.6) is 0 Å². The summed E-state index contributed by atoms with van der Waals surface area (Å²) in [5.74, 6) is -0.863. The van der Waals surface area contributed by atoms with E-state index >= 15 is 0 Å². The van der Waals surface area contributed by atoms with E-state index in [0.29, 0.717) is 21.1 Å². The number of esters is 1. The standard InChI is InChI=1S/C23H19N3O4S2/c1-14-7-3-6-10-18(14)26-21(28)20-17(11-12-31-20)25-23(26)32-13-19(27)24-16-9-5-4-8-15(16)22(29)30-2/h3-12H,13H2,1-2H3,(H,24,27). The smallest absolute Gasteiger partial charge is 0.339 e. The third-order valence-corrected chi connectivity index (χ3v) is 6.57. The fraction of sp³-hybridized carbons (Fsp3) is 0.130. The van der Waals surface area contributed by atoms with Gasteiger partial charge in [0, 0.05) is 0 Å². The maximum Gasteiger partial charge on any atom is 0.339 e. The molecule has 162 valence electrons. The second kappa shape index (κ2) is 9.37. The number of thioether (sulfide) groups is 1. The molecule has 1 N–H and O–H groups in total. The number of para-hydroxylation sites is 2. The molecular weight excluding hydrogens is 446 g/mol. The molecule has 0 unspecified atom stereocenters. The molecule has 4 aromatic rings. The largest absolute Gasteiger partial charge is 0.465 e. The Hall–Kier alpha value is -3.43. The quantitative estimate of drug-likeness (QED) is 0.260. The number of aryl methyl sites for hydroxylation is 1. The third-order valence-electron chi connectivity index (χ3n) is 4.74. The summed E-state index contributed by atoms with van der Waals surface area (Å²) in [6.45, 7) is 1.92. The SMILES string of the molecule is COC(=O)c1ccccc1NC(=O)CSc1nc2ccsc2c(=O)n1-c1ccccc1C. The Morgan fingerprint density at radius 3 is 2.66 bits per heavy atom. The Labute approximate surface area is 192 Å². The minimum atomic E-state index is -0.536. The van der Waals surface area contributed by atoms with Crippen LogP contribution >= 0.6 is 23.1 Å². The van der Waals surface area contributed by atoms with Crippen LogP contribution in [0.1, 0.15) is 15.9 Å². The summed E-state index contributed by atoms with van der Waals surface area (Å²) >= 11 is 2.50. The van der Waals surface area contributed by atoms with Crippen LogP contribution < -0.4 is 10.9 Å². The first-order valence-corrected chi connectivity index (χ1v) is 11.5. The number of benzene rings is 2. The van der Waals surface area contributed by atoms with Gasteiger partial charge in [0.2, 0.25) is 5.91 Å². The van der Waals surface area contributed by atoms with E-state index in [-0.39, 0.29) is 22.8 Å². The number of nitrogens with zero attached hydrogens (tertiary/aromatic N) is 2. The van der Waals surface area contributed by atoms with Gasteiger partial charge >= 0.3 is 5.97 Å². The predicted octanol–water partition coefficient (Wildman–Crippen LogP) is 4.27. The van der Waals surface area contributed by atoms with Crippen molar-refractivity contribution in [3.05, 3.63) is 81.5 Å². The van der Waals surface area contributed by atoms with E-state index in [0.717, 1.165) is 23.0 Å². The minimum Gasteiger partial charge on any atom is -0.465 e. The highest BCUT2D eigenvalue weighted by Crippen LogP contribution is 2.25. The fourth-order valence-electron chi connectivity index (χ4n) is 3.21. The fourth-order valence-corrected chi connectivity index (χ4v) is 4.78. The second-order valence-corrected chi connectivity index (χ2v) is 8.69. The van der Waals surface area contributed by atoms with E-state index in [1.54, 1.807) is 34.9 Å². The van der Waals surface area contributed by atoms with Crippen LogP contribution in [-0.2, 0) is 9.53 Å². The van der Waals surface area contributed by atoms with Crippen molar-refractivity contribution in [1.82, 2.24) is 9.55 Å². The first-order chi connectivity index (χ1) is 15.5. The van der Waals surface area contributed by atoms with Gasteiger partial charge in [-0.05, 0) is 42.1 Å². The number of rotatable bonds is 6. The normalized spacial score (nSPS) is 10.8. The lowest BCUT2D eigenvalue weighted by Gasteiger charge is -2.14. The molecule has 0 saturated carbocycles. The zero-order valence-electron chi connectivity index (χ0n) is 17.3. The lowest BCUT2D eigenvalue weighted by molar-refractivity contribution is -0.113. The van der Waals surface area contributed by atoms with Crippen molar-refractivity contribution in [2.75, 3.05) is 18.2 Å². The lowest BCUT2D eigenvalue weighted by Crippen LogP contribution is -2.23. The van der Waals surface area contributed by atoms with Crippen LogP contribution in [-0.4, -0.2) is 34.3 Å². The van der Waals surface area contributed by atoms with Gasteiger partial charge in [-0.25, -0.2) is 9.78 Å². The molecule has 0 aliphatic carbocycles. The number of methoxy groups -OCH3 is 1. The Morgan fingerprint density at radius 1 is 1.12 bits per heavy atom. The highest BCUT2D eigenvalue weighted by molar-refractivity contribution is 7.99. The molecule has 0 saturated heterocycles. The number of fused-ring (bicyclic) bond motifs is 1. The van der Waals surface area contributed by atoms with Crippen LogP contribution in [0, 0.1) is 6.92 Å². The molecule has 0 spiro atoms. The van der Waals surface area contributed by atoms with Crippen molar-refractivity contribution in [2.45, 2.75) is 12.1 Å². The zero-order valence-corrected chi connectivity index (χ0v) is 19.0. The number of hydrogen-bond donors (Lipinski definition) is 1. The number of thiophene rings is 1. The molecule has 32 heavy (non-hydrogen) atoms. The van der Waals surface area contributed by atoms with E-state index < -0.39 is 5.97 Å². The van der Waals surface area contributed by atoms with Crippen molar-refractivity contribution in [3.8, 4) is 5.69 Å². The number of carbonyl (C=O) groups excluding carboxylic acids is 2. The van der Waals surface area contributed by atoms with E-state index in [9.17, 15) is 14.4 Å². The van der Waals surface area contributed by atoms with Crippen molar-refractivity contribution in [1.29, 1.82) is 0 Å². The van der Waals surface area contributed by atoms with Crippen LogP contribution in [0.4, 0.5) is 5.69 Å². The molecule has 0 fully saturated rings.